The summed E-state index contributed by atoms with van der Waals surface area (Å²) in [5.41, 5.74) is -0.535. The number of nitrogens with zero attached hydrogens (tertiary/aromatic N) is 1. The number of carbonyl (C=O) groups is 2. The Morgan fingerprint density at radius 2 is 2.04 bits per heavy atom. The zero-order chi connectivity index (χ0) is 16.2. The van der Waals surface area contributed by atoms with Crippen LogP contribution >= 0.6 is 0 Å². The first-order valence-corrected chi connectivity index (χ1v) is 8.38. The van der Waals surface area contributed by atoms with Crippen LogP contribution in [0.1, 0.15) is 25.7 Å². The number of nitrogens with one attached hydrogen (secondary N) is 1. The van der Waals surface area contributed by atoms with E-state index in [9.17, 15) is 9.59 Å². The summed E-state index contributed by atoms with van der Waals surface area (Å²) in [6, 6.07) is -0.448. The van der Waals surface area contributed by atoms with Crippen molar-refractivity contribution in [3.63, 3.8) is 0 Å². The van der Waals surface area contributed by atoms with Crippen LogP contribution in [0.5, 0.6) is 0 Å². The van der Waals surface area contributed by atoms with Gasteiger partial charge in [-0.3, -0.25) is 14.5 Å². The Balaban J connectivity index is 1.74. The van der Waals surface area contributed by atoms with Gasteiger partial charge in [0.05, 0.1) is 25.7 Å². The number of piperidine rings is 1. The predicted molar refractivity (Wildman–Crippen MR) is 79.4 cm³/mol. The van der Waals surface area contributed by atoms with E-state index in [-0.39, 0.29) is 29.9 Å². The van der Waals surface area contributed by atoms with Crippen molar-refractivity contribution in [2.45, 2.75) is 43.6 Å². The molecule has 0 bridgehead atoms. The molecule has 4 rings (SSSR count). The first kappa shape index (κ1) is 15.4. The number of amides is 1. The van der Waals surface area contributed by atoms with E-state index in [0.717, 1.165) is 12.8 Å². The highest BCUT2D eigenvalue weighted by molar-refractivity contribution is 5.88. The number of methoxy groups -OCH3 is 1. The maximum atomic E-state index is 12.9. The van der Waals surface area contributed by atoms with E-state index >= 15 is 0 Å². The van der Waals surface area contributed by atoms with Crippen molar-refractivity contribution in [1.29, 1.82) is 0 Å². The van der Waals surface area contributed by atoms with Gasteiger partial charge in [-0.1, -0.05) is 0 Å². The first-order valence-electron chi connectivity index (χ1n) is 8.38. The smallest absolute Gasteiger partial charge is 0.323 e. The molecule has 0 aromatic rings. The summed E-state index contributed by atoms with van der Waals surface area (Å²) in [5, 5.41) is 3.02. The Kier molecular flexibility index (Phi) is 3.44. The maximum absolute atomic E-state index is 12.9. The molecule has 4 fully saturated rings. The second-order valence-electron chi connectivity index (χ2n) is 7.22. The summed E-state index contributed by atoms with van der Waals surface area (Å²) in [7, 11) is 3.31. The van der Waals surface area contributed by atoms with Gasteiger partial charge in [-0.25, -0.2) is 0 Å². The molecule has 128 valence electrons. The molecule has 1 aliphatic carbocycles. The van der Waals surface area contributed by atoms with Gasteiger partial charge < -0.3 is 19.5 Å². The number of hydrogen-bond donors (Lipinski definition) is 1. The molecule has 7 heteroatoms. The van der Waals surface area contributed by atoms with Crippen LogP contribution in [-0.4, -0.2) is 68.6 Å². The summed E-state index contributed by atoms with van der Waals surface area (Å²) in [5.74, 6) is -0.610. The highest BCUT2D eigenvalue weighted by Crippen LogP contribution is 2.58. The van der Waals surface area contributed by atoms with Gasteiger partial charge in [-0.05, 0) is 25.8 Å². The molecule has 3 aliphatic heterocycles. The van der Waals surface area contributed by atoms with E-state index in [4.69, 9.17) is 14.2 Å². The Hall–Kier alpha value is -1.18. The van der Waals surface area contributed by atoms with Gasteiger partial charge in [-0.2, -0.15) is 0 Å². The second-order valence-corrected chi connectivity index (χ2v) is 7.22. The lowest BCUT2D eigenvalue weighted by Crippen LogP contribution is -2.63. The van der Waals surface area contributed by atoms with Crippen LogP contribution in [0.15, 0.2) is 0 Å². The van der Waals surface area contributed by atoms with Gasteiger partial charge in [-0.15, -0.1) is 0 Å². The lowest BCUT2D eigenvalue weighted by Gasteiger charge is -2.53. The van der Waals surface area contributed by atoms with Crippen molar-refractivity contribution in [3.8, 4) is 0 Å². The lowest BCUT2D eigenvalue weighted by molar-refractivity contribution is -0.221. The molecule has 7 nitrogen and oxygen atoms in total. The molecular formula is C16H24N2O5. The van der Waals surface area contributed by atoms with Crippen LogP contribution in [0.2, 0.25) is 0 Å². The molecule has 1 amide bonds. The topological polar surface area (TPSA) is 77.1 Å². The standard InChI is InChI=1S/C16H24N2O5/c1-18-11(13(19)21-2)8-16-10(3-4-17-14(16)20)7-15(9-12(16)18)22-5-6-23-15/h10-12H,3-9H2,1-2H3,(H,17,20)/t10-,11+,12-,16-/m0/s1. The quantitative estimate of drug-likeness (QED) is 0.678. The van der Waals surface area contributed by atoms with Crippen molar-refractivity contribution in [2.24, 2.45) is 11.3 Å². The Morgan fingerprint density at radius 3 is 2.74 bits per heavy atom. The molecule has 0 radical (unpaired) electrons. The van der Waals surface area contributed by atoms with Crippen molar-refractivity contribution in [3.05, 3.63) is 0 Å². The monoisotopic (exact) mass is 324 g/mol. The lowest BCUT2D eigenvalue weighted by atomic mass is 9.58. The summed E-state index contributed by atoms with van der Waals surface area (Å²) in [6.07, 6.45) is 2.78. The fourth-order valence-corrected chi connectivity index (χ4v) is 5.31. The van der Waals surface area contributed by atoms with Gasteiger partial charge in [0.25, 0.3) is 0 Å². The molecule has 1 N–H and O–H groups in total. The molecular weight excluding hydrogens is 300 g/mol. The Labute approximate surface area is 135 Å². The molecule has 0 aromatic heterocycles. The second kappa shape index (κ2) is 5.16. The minimum atomic E-state index is -0.588. The normalized spacial score (nSPS) is 42.2. The highest BCUT2D eigenvalue weighted by Gasteiger charge is 2.67. The van der Waals surface area contributed by atoms with Crippen LogP contribution in [-0.2, 0) is 23.8 Å². The third-order valence-corrected chi connectivity index (χ3v) is 6.39. The van der Waals surface area contributed by atoms with Crippen LogP contribution in [0.25, 0.3) is 0 Å². The molecule has 4 aliphatic rings. The largest absolute Gasteiger partial charge is 0.468 e. The maximum Gasteiger partial charge on any atom is 0.323 e. The van der Waals surface area contributed by atoms with Gasteiger partial charge in [0, 0.05) is 25.4 Å². The van der Waals surface area contributed by atoms with Crippen molar-refractivity contribution < 1.29 is 23.8 Å². The highest BCUT2D eigenvalue weighted by atomic mass is 16.7. The molecule has 2 spiro atoms. The van der Waals surface area contributed by atoms with Crippen molar-refractivity contribution in [2.75, 3.05) is 33.9 Å². The fourth-order valence-electron chi connectivity index (χ4n) is 5.31. The van der Waals surface area contributed by atoms with Crippen LogP contribution < -0.4 is 5.32 Å². The third kappa shape index (κ3) is 1.99. The molecule has 1 saturated carbocycles. The summed E-state index contributed by atoms with van der Waals surface area (Å²) in [4.78, 5) is 27.1. The SMILES string of the molecule is COC(=O)[C@H]1C[C@]23C(=O)NCC[C@H]2CC2(C[C@@H]3N1C)OCCO2. The van der Waals surface area contributed by atoms with Crippen LogP contribution in [0.3, 0.4) is 0 Å². The minimum Gasteiger partial charge on any atom is -0.468 e. The summed E-state index contributed by atoms with van der Waals surface area (Å²) < 4.78 is 16.9. The summed E-state index contributed by atoms with van der Waals surface area (Å²) >= 11 is 0. The number of likely N-dealkylation sites (N-methyl/N-ethyl adjacent to an activating group) is 1. The number of ether oxygens (including phenoxy) is 3. The van der Waals surface area contributed by atoms with E-state index in [0.29, 0.717) is 32.6 Å². The van der Waals surface area contributed by atoms with Crippen molar-refractivity contribution in [1.82, 2.24) is 10.2 Å². The first-order chi connectivity index (χ1) is 11.0. The fraction of sp³-hybridized carbons (Fsp3) is 0.875. The average Bonchev–Trinajstić information content (AvgIpc) is 3.11. The molecule has 4 atom stereocenters. The van der Waals surface area contributed by atoms with Gasteiger partial charge >= 0.3 is 5.97 Å². The minimum absolute atomic E-state index is 0.0660. The summed E-state index contributed by atoms with van der Waals surface area (Å²) in [6.45, 7) is 1.88. The number of likely N-dealkylation sites (tertiary alicyclic amines) is 1. The van der Waals surface area contributed by atoms with E-state index < -0.39 is 11.2 Å². The molecule has 3 saturated heterocycles. The zero-order valence-corrected chi connectivity index (χ0v) is 13.7. The van der Waals surface area contributed by atoms with Gasteiger partial charge in [0.15, 0.2) is 5.79 Å². The van der Waals surface area contributed by atoms with Gasteiger partial charge in [0.1, 0.15) is 6.04 Å². The number of hydrogen-bond acceptors (Lipinski definition) is 6. The van der Waals surface area contributed by atoms with E-state index in [1.807, 2.05) is 11.9 Å². The van der Waals surface area contributed by atoms with E-state index in [1.165, 1.54) is 7.11 Å². The average molecular weight is 324 g/mol. The Bertz CT molecular complexity index is 533. The van der Waals surface area contributed by atoms with Crippen LogP contribution in [0, 0.1) is 11.3 Å². The van der Waals surface area contributed by atoms with E-state index in [2.05, 4.69) is 5.32 Å². The third-order valence-electron chi connectivity index (χ3n) is 6.39. The van der Waals surface area contributed by atoms with E-state index in [1.54, 1.807) is 0 Å². The van der Waals surface area contributed by atoms with Gasteiger partial charge in [0.2, 0.25) is 5.91 Å². The molecule has 0 aromatic carbocycles. The van der Waals surface area contributed by atoms with Crippen LogP contribution in [0.4, 0.5) is 0 Å². The predicted octanol–water partition coefficient (Wildman–Crippen LogP) is -0.108. The molecule has 0 unspecified atom stereocenters. The number of carbonyl (C=O) groups excluding carboxylic acids is 2. The molecule has 23 heavy (non-hydrogen) atoms. The number of rotatable bonds is 1. The molecule has 3 heterocycles. The van der Waals surface area contributed by atoms with Crippen molar-refractivity contribution >= 4 is 11.9 Å². The zero-order valence-electron chi connectivity index (χ0n) is 13.7. The number of esters is 1. The Morgan fingerprint density at radius 1 is 1.30 bits per heavy atom.